The van der Waals surface area contributed by atoms with Crippen molar-refractivity contribution in [3.63, 3.8) is 0 Å². The Kier molecular flexibility index (Phi) is 5.80. The number of nitrogens with one attached hydrogen (secondary N) is 1. The molecule has 0 saturated heterocycles. The maximum atomic E-state index is 12.4. The lowest BCUT2D eigenvalue weighted by Gasteiger charge is -2.37. The van der Waals surface area contributed by atoms with Gasteiger partial charge in [0.25, 0.3) is 5.69 Å². The summed E-state index contributed by atoms with van der Waals surface area (Å²) in [5.41, 5.74) is -1.20. The van der Waals surface area contributed by atoms with E-state index in [0.717, 1.165) is 5.39 Å². The Labute approximate surface area is 185 Å². The minimum absolute atomic E-state index is 0.00251. The second-order valence-electron chi connectivity index (χ2n) is 7.73. The van der Waals surface area contributed by atoms with Gasteiger partial charge in [0.1, 0.15) is 4.83 Å². The maximum absolute atomic E-state index is 12.4. The van der Waals surface area contributed by atoms with Crippen molar-refractivity contribution < 1.29 is 19.7 Å². The molecule has 1 aliphatic carbocycles. The Morgan fingerprint density at radius 1 is 1.31 bits per heavy atom. The molecule has 1 aromatic carbocycles. The molecule has 0 radical (unpaired) electrons. The van der Waals surface area contributed by atoms with Gasteiger partial charge < -0.3 is 10.4 Å². The number of nitro groups is 2. The zero-order chi connectivity index (χ0) is 22.9. The number of nitrogens with zero attached hydrogens (tertiary/aromatic N) is 4. The molecule has 1 saturated carbocycles. The van der Waals surface area contributed by atoms with Gasteiger partial charge in [0.05, 0.1) is 4.92 Å². The first kappa shape index (κ1) is 21.7. The van der Waals surface area contributed by atoms with Crippen molar-refractivity contribution in [3.8, 4) is 0 Å². The lowest BCUT2D eigenvalue weighted by Crippen LogP contribution is -2.57. The largest absolute Gasteiger partial charge is 0.480 e. The van der Waals surface area contributed by atoms with Crippen LogP contribution in [0.25, 0.3) is 10.2 Å². The van der Waals surface area contributed by atoms with Crippen LogP contribution in [0.1, 0.15) is 30.7 Å². The number of carboxylic acids is 1. The van der Waals surface area contributed by atoms with Gasteiger partial charge in [-0.3, -0.25) is 25.0 Å². The van der Waals surface area contributed by atoms with Crippen LogP contribution in [0.2, 0.25) is 0 Å². The fraction of sp³-hybridized carbons (Fsp3) is 0.350. The molecule has 11 nitrogen and oxygen atoms in total. The van der Waals surface area contributed by atoms with Crippen LogP contribution in [0.15, 0.2) is 41.9 Å². The van der Waals surface area contributed by atoms with E-state index in [2.05, 4.69) is 15.3 Å². The van der Waals surface area contributed by atoms with E-state index < -0.39 is 27.3 Å². The normalized spacial score (nSPS) is 23.1. The van der Waals surface area contributed by atoms with Gasteiger partial charge in [-0.2, -0.15) is 0 Å². The van der Waals surface area contributed by atoms with Crippen LogP contribution in [0.4, 0.5) is 5.69 Å². The summed E-state index contributed by atoms with van der Waals surface area (Å²) in [6.45, 7) is 0.272. The zero-order valence-electron chi connectivity index (χ0n) is 16.7. The topological polar surface area (TPSA) is 161 Å². The molecule has 166 valence electrons. The number of aromatic nitrogens is 2. The van der Waals surface area contributed by atoms with E-state index in [-0.39, 0.29) is 36.9 Å². The van der Waals surface area contributed by atoms with E-state index in [1.807, 2.05) is 0 Å². The molecule has 12 heteroatoms. The van der Waals surface area contributed by atoms with Gasteiger partial charge in [-0.05, 0) is 29.9 Å². The molecule has 4 rings (SSSR count). The molecule has 1 aliphatic rings. The lowest BCUT2D eigenvalue weighted by atomic mass is 9.68. The number of carboxylic acid groups (broad SMARTS) is 1. The van der Waals surface area contributed by atoms with E-state index in [9.17, 15) is 30.1 Å². The molecule has 2 heterocycles. The number of fused-ring (bicyclic) bond motifs is 1. The molecule has 0 aliphatic heterocycles. The minimum Gasteiger partial charge on any atom is -0.480 e. The zero-order valence-corrected chi connectivity index (χ0v) is 17.5. The summed E-state index contributed by atoms with van der Waals surface area (Å²) in [4.78, 5) is 43.4. The molecular formula is C20H19N5O6S. The van der Waals surface area contributed by atoms with Gasteiger partial charge in [-0.15, -0.1) is 11.3 Å². The number of aliphatic carboxylic acids is 1. The van der Waals surface area contributed by atoms with E-state index in [1.165, 1.54) is 29.7 Å². The highest BCUT2D eigenvalue weighted by Crippen LogP contribution is 2.41. The van der Waals surface area contributed by atoms with Crippen molar-refractivity contribution in [1.82, 2.24) is 15.3 Å². The van der Waals surface area contributed by atoms with Gasteiger partial charge in [-0.25, -0.2) is 9.97 Å². The van der Waals surface area contributed by atoms with Crippen LogP contribution in [0.3, 0.4) is 0 Å². The monoisotopic (exact) mass is 457 g/mol. The van der Waals surface area contributed by atoms with Gasteiger partial charge >= 0.3 is 5.97 Å². The molecule has 2 N–H and O–H groups in total. The van der Waals surface area contributed by atoms with Gasteiger partial charge in [0, 0.05) is 47.6 Å². The quantitative estimate of drug-likeness (QED) is 0.401. The van der Waals surface area contributed by atoms with E-state index in [0.29, 0.717) is 16.8 Å². The fourth-order valence-corrected chi connectivity index (χ4v) is 4.97. The highest BCUT2D eigenvalue weighted by Gasteiger charge is 2.59. The molecule has 3 unspecified atom stereocenters. The molecule has 0 bridgehead atoms. The first-order chi connectivity index (χ1) is 15.3. The van der Waals surface area contributed by atoms with E-state index in [4.69, 9.17) is 0 Å². The standard InChI is InChI=1S/C20H19N5O6S/c26-19(27)20(18-22-11-13-5-7-32-17(13)23-18)6-4-14(9-16(20)25(30)31)21-10-12-2-1-3-15(8-12)24(28)29/h1-3,5,7-8,11,14,16,21H,4,6,9-10H2,(H,26,27). The van der Waals surface area contributed by atoms with Crippen molar-refractivity contribution in [2.75, 3.05) is 0 Å². The van der Waals surface area contributed by atoms with Crippen LogP contribution in [-0.2, 0) is 16.8 Å². The molecule has 1 fully saturated rings. The predicted octanol–water partition coefficient (Wildman–Crippen LogP) is 2.91. The van der Waals surface area contributed by atoms with Gasteiger partial charge in [-0.1, -0.05) is 12.1 Å². The summed E-state index contributed by atoms with van der Waals surface area (Å²) in [7, 11) is 0. The third-order valence-electron chi connectivity index (χ3n) is 5.92. The highest BCUT2D eigenvalue weighted by molar-refractivity contribution is 7.16. The summed E-state index contributed by atoms with van der Waals surface area (Å²) >= 11 is 1.32. The Morgan fingerprint density at radius 2 is 2.12 bits per heavy atom. The summed E-state index contributed by atoms with van der Waals surface area (Å²) < 4.78 is 0. The smallest absolute Gasteiger partial charge is 0.324 e. The Hall–Kier alpha value is -3.51. The molecule has 32 heavy (non-hydrogen) atoms. The van der Waals surface area contributed by atoms with E-state index >= 15 is 0 Å². The van der Waals surface area contributed by atoms with Crippen molar-refractivity contribution in [2.45, 2.75) is 43.3 Å². The average Bonchev–Trinajstić information content (AvgIpc) is 3.25. The molecule has 0 amide bonds. The van der Waals surface area contributed by atoms with Crippen LogP contribution in [0, 0.1) is 20.2 Å². The molecular weight excluding hydrogens is 438 g/mol. The highest BCUT2D eigenvalue weighted by atomic mass is 32.1. The second kappa shape index (κ2) is 8.55. The number of hydrogen-bond donors (Lipinski definition) is 2. The molecule has 3 aromatic rings. The third kappa shape index (κ3) is 3.89. The lowest BCUT2D eigenvalue weighted by molar-refractivity contribution is -0.537. The number of nitro benzene ring substituents is 1. The number of thiophene rings is 1. The number of benzene rings is 1. The van der Waals surface area contributed by atoms with Crippen molar-refractivity contribution in [1.29, 1.82) is 0 Å². The van der Waals surface area contributed by atoms with Crippen LogP contribution < -0.4 is 5.32 Å². The summed E-state index contributed by atoms with van der Waals surface area (Å²) in [5.74, 6) is -1.36. The summed E-state index contributed by atoms with van der Waals surface area (Å²) in [6, 6.07) is 6.17. The number of carbonyl (C=O) groups is 1. The van der Waals surface area contributed by atoms with E-state index in [1.54, 1.807) is 23.6 Å². The van der Waals surface area contributed by atoms with Crippen molar-refractivity contribution in [3.05, 3.63) is 73.5 Å². The number of hydrogen-bond acceptors (Lipinski definition) is 9. The Bertz CT molecular complexity index is 1200. The Balaban J connectivity index is 1.57. The summed E-state index contributed by atoms with van der Waals surface area (Å²) in [5, 5.41) is 38.8. The molecule has 0 spiro atoms. The maximum Gasteiger partial charge on any atom is 0.324 e. The Morgan fingerprint density at radius 3 is 2.84 bits per heavy atom. The predicted molar refractivity (Wildman–Crippen MR) is 115 cm³/mol. The van der Waals surface area contributed by atoms with Crippen LogP contribution in [-0.4, -0.2) is 43.0 Å². The third-order valence-corrected chi connectivity index (χ3v) is 6.75. The molecule has 3 atom stereocenters. The van der Waals surface area contributed by atoms with Crippen LogP contribution >= 0.6 is 11.3 Å². The first-order valence-corrected chi connectivity index (χ1v) is 10.7. The fourth-order valence-electron chi connectivity index (χ4n) is 4.23. The summed E-state index contributed by atoms with van der Waals surface area (Å²) in [6.07, 6.45) is 1.83. The molecule has 2 aromatic heterocycles. The SMILES string of the molecule is O=C(O)C1(c2ncc3ccsc3n2)CCC(NCc2cccc([N+](=O)[O-])c2)CC1[N+](=O)[O-]. The van der Waals surface area contributed by atoms with Crippen molar-refractivity contribution >= 4 is 33.2 Å². The number of non-ortho nitro benzene ring substituents is 1. The van der Waals surface area contributed by atoms with Gasteiger partial charge in [0.2, 0.25) is 6.04 Å². The first-order valence-electron chi connectivity index (χ1n) is 9.85. The number of rotatable bonds is 7. The van der Waals surface area contributed by atoms with Crippen LogP contribution in [0.5, 0.6) is 0 Å². The van der Waals surface area contributed by atoms with Crippen molar-refractivity contribution in [2.24, 2.45) is 0 Å². The average molecular weight is 457 g/mol. The minimum atomic E-state index is -1.83. The van der Waals surface area contributed by atoms with Gasteiger partial charge in [0.15, 0.2) is 11.2 Å². The second-order valence-corrected chi connectivity index (χ2v) is 8.63.